The molecule has 0 spiro atoms. The Labute approximate surface area is 227 Å². The van der Waals surface area contributed by atoms with Gasteiger partial charge in [0.15, 0.2) is 5.60 Å². The highest BCUT2D eigenvalue weighted by atomic mass is 19.4. The molecule has 210 valence electrons. The van der Waals surface area contributed by atoms with Gasteiger partial charge in [0, 0.05) is 35.6 Å². The van der Waals surface area contributed by atoms with Crippen LogP contribution in [0.15, 0.2) is 59.1 Å². The number of aromatic nitrogens is 2. The highest BCUT2D eigenvalue weighted by Gasteiger charge is 2.41. The average molecular weight is 557 g/mol. The fourth-order valence-electron chi connectivity index (χ4n) is 5.40. The number of hydrogen-bond donors (Lipinski definition) is 0. The number of hydrogen-bond acceptors (Lipinski definition) is 7. The summed E-state index contributed by atoms with van der Waals surface area (Å²) in [6, 6.07) is 13.4. The molecular formula is C28H27F3N4O5. The number of fused-ring (bicyclic) bond motifs is 2. The number of nitro groups is 1. The van der Waals surface area contributed by atoms with E-state index in [4.69, 9.17) is 13.9 Å². The Hall–Kier alpha value is -4.22. The molecule has 4 heterocycles. The quantitative estimate of drug-likeness (QED) is 0.196. The molecule has 4 aromatic rings. The van der Waals surface area contributed by atoms with E-state index in [1.807, 2.05) is 31.2 Å². The molecule has 9 nitrogen and oxygen atoms in total. The standard InChI is InChI=1S/C28H27F3N4O5/c1-27(16-34-15-25(35(36)37)32-26(34)40-27)17-38-22-5-3-21(4-6-22)33-10-8-18(9-11-33)12-23-14-19-13-20(28(29,30)31)2-7-24(19)39-23/h2-7,13-15,18H,8-12,16-17H2,1H3/t27-/m0/s1. The Morgan fingerprint density at radius 2 is 1.90 bits per heavy atom. The van der Waals surface area contributed by atoms with Crippen LogP contribution in [0.1, 0.15) is 31.1 Å². The second-order valence-corrected chi connectivity index (χ2v) is 10.7. The summed E-state index contributed by atoms with van der Waals surface area (Å²) in [5, 5.41) is 11.4. The molecule has 0 radical (unpaired) electrons. The fraction of sp³-hybridized carbons (Fsp3) is 0.393. The van der Waals surface area contributed by atoms with E-state index in [1.54, 1.807) is 10.6 Å². The van der Waals surface area contributed by atoms with Crippen LogP contribution in [0.2, 0.25) is 0 Å². The molecule has 1 fully saturated rings. The number of anilines is 1. The van der Waals surface area contributed by atoms with Crippen molar-refractivity contribution in [3.8, 4) is 11.8 Å². The minimum Gasteiger partial charge on any atom is -0.489 e. The van der Waals surface area contributed by atoms with Crippen LogP contribution in [-0.4, -0.2) is 39.8 Å². The third-order valence-corrected chi connectivity index (χ3v) is 7.50. The molecule has 0 N–H and O–H groups in total. The Balaban J connectivity index is 0.993. The predicted molar refractivity (Wildman–Crippen MR) is 140 cm³/mol. The molecule has 2 aromatic carbocycles. The zero-order chi connectivity index (χ0) is 28.1. The Morgan fingerprint density at radius 1 is 1.15 bits per heavy atom. The molecule has 0 amide bonds. The molecule has 0 aliphatic carbocycles. The van der Waals surface area contributed by atoms with Crippen LogP contribution in [0.25, 0.3) is 11.0 Å². The molecule has 12 heteroatoms. The minimum absolute atomic E-state index is 0.215. The summed E-state index contributed by atoms with van der Waals surface area (Å²) >= 11 is 0. The minimum atomic E-state index is -4.37. The van der Waals surface area contributed by atoms with Crippen LogP contribution in [0.3, 0.4) is 0 Å². The molecule has 0 unspecified atom stereocenters. The molecule has 2 aliphatic heterocycles. The van der Waals surface area contributed by atoms with Crippen molar-refractivity contribution in [1.82, 2.24) is 9.55 Å². The van der Waals surface area contributed by atoms with Crippen molar-refractivity contribution in [3.05, 3.63) is 76.2 Å². The van der Waals surface area contributed by atoms with E-state index in [0.29, 0.717) is 35.6 Å². The normalized spacial score (nSPS) is 19.6. The summed E-state index contributed by atoms with van der Waals surface area (Å²) in [6.45, 7) is 4.27. The first kappa shape index (κ1) is 26.0. The number of imidazole rings is 1. The van der Waals surface area contributed by atoms with Gasteiger partial charge in [-0.25, -0.2) is 0 Å². The van der Waals surface area contributed by atoms with E-state index in [9.17, 15) is 23.3 Å². The predicted octanol–water partition coefficient (Wildman–Crippen LogP) is 6.25. The molecule has 0 bridgehead atoms. The number of piperidine rings is 1. The van der Waals surface area contributed by atoms with Gasteiger partial charge in [0.25, 0.3) is 0 Å². The lowest BCUT2D eigenvalue weighted by molar-refractivity contribution is -0.389. The van der Waals surface area contributed by atoms with Crippen LogP contribution in [-0.2, 0) is 19.1 Å². The number of rotatable bonds is 7. The van der Waals surface area contributed by atoms with E-state index < -0.39 is 22.3 Å². The maximum absolute atomic E-state index is 13.0. The van der Waals surface area contributed by atoms with E-state index in [-0.39, 0.29) is 18.4 Å². The first-order valence-electron chi connectivity index (χ1n) is 13.0. The van der Waals surface area contributed by atoms with Gasteiger partial charge < -0.3 is 28.9 Å². The summed E-state index contributed by atoms with van der Waals surface area (Å²) in [7, 11) is 0. The van der Waals surface area contributed by atoms with E-state index in [2.05, 4.69) is 9.88 Å². The summed E-state index contributed by atoms with van der Waals surface area (Å²) < 4.78 is 58.2. The zero-order valence-electron chi connectivity index (χ0n) is 21.7. The third-order valence-electron chi connectivity index (χ3n) is 7.50. The highest BCUT2D eigenvalue weighted by Crippen LogP contribution is 2.35. The van der Waals surface area contributed by atoms with Gasteiger partial charge in [-0.15, -0.1) is 0 Å². The maximum atomic E-state index is 13.0. The van der Waals surface area contributed by atoms with Crippen molar-refractivity contribution in [3.63, 3.8) is 0 Å². The van der Waals surface area contributed by atoms with Crippen LogP contribution in [0.5, 0.6) is 11.8 Å². The van der Waals surface area contributed by atoms with Crippen molar-refractivity contribution < 1.29 is 32.0 Å². The molecule has 2 aromatic heterocycles. The van der Waals surface area contributed by atoms with E-state index >= 15 is 0 Å². The monoisotopic (exact) mass is 556 g/mol. The first-order chi connectivity index (χ1) is 19.0. The van der Waals surface area contributed by atoms with Gasteiger partial charge in [-0.05, 0) is 79.1 Å². The third kappa shape index (κ3) is 5.30. The van der Waals surface area contributed by atoms with Gasteiger partial charge in [-0.3, -0.25) is 4.57 Å². The molecule has 1 atom stereocenters. The second-order valence-electron chi connectivity index (χ2n) is 10.7. The van der Waals surface area contributed by atoms with Crippen molar-refractivity contribution in [2.45, 2.75) is 44.5 Å². The first-order valence-corrected chi connectivity index (χ1v) is 13.0. The lowest BCUT2D eigenvalue weighted by atomic mass is 9.92. The number of furan rings is 1. The van der Waals surface area contributed by atoms with Crippen LogP contribution in [0, 0.1) is 16.0 Å². The van der Waals surface area contributed by atoms with Crippen molar-refractivity contribution in [1.29, 1.82) is 0 Å². The van der Waals surface area contributed by atoms with Crippen LogP contribution in [0.4, 0.5) is 24.7 Å². The van der Waals surface area contributed by atoms with Crippen molar-refractivity contribution >= 4 is 22.5 Å². The number of benzene rings is 2. The average Bonchev–Trinajstić information content (AvgIpc) is 3.58. The van der Waals surface area contributed by atoms with E-state index in [1.165, 1.54) is 12.3 Å². The lowest BCUT2D eigenvalue weighted by Gasteiger charge is -2.33. The molecule has 1 saturated heterocycles. The van der Waals surface area contributed by atoms with E-state index in [0.717, 1.165) is 49.5 Å². The molecule has 0 saturated carbocycles. The topological polar surface area (TPSA) is 95.8 Å². The summed E-state index contributed by atoms with van der Waals surface area (Å²) in [5.74, 6) is 1.56. The Morgan fingerprint density at radius 3 is 2.58 bits per heavy atom. The second kappa shape index (κ2) is 9.76. The van der Waals surface area contributed by atoms with Gasteiger partial charge >= 0.3 is 18.0 Å². The zero-order valence-corrected chi connectivity index (χ0v) is 21.7. The fourth-order valence-corrected chi connectivity index (χ4v) is 5.40. The molecule has 2 aliphatic rings. The molecular weight excluding hydrogens is 529 g/mol. The Kier molecular flexibility index (Phi) is 6.35. The lowest BCUT2D eigenvalue weighted by Crippen LogP contribution is -2.38. The largest absolute Gasteiger partial charge is 0.489 e. The summed E-state index contributed by atoms with van der Waals surface area (Å²) in [6.07, 6.45) is -0.409. The van der Waals surface area contributed by atoms with Gasteiger partial charge in [-0.2, -0.15) is 13.2 Å². The van der Waals surface area contributed by atoms with Crippen molar-refractivity contribution in [2.75, 3.05) is 24.6 Å². The summed E-state index contributed by atoms with van der Waals surface area (Å²) in [5.41, 5.74) is 0.216. The maximum Gasteiger partial charge on any atom is 0.416 e. The van der Waals surface area contributed by atoms with Crippen LogP contribution < -0.4 is 14.4 Å². The number of halogens is 3. The molecule has 40 heavy (non-hydrogen) atoms. The van der Waals surface area contributed by atoms with Gasteiger partial charge in [-0.1, -0.05) is 0 Å². The van der Waals surface area contributed by atoms with Gasteiger partial charge in [0.05, 0.1) is 12.1 Å². The number of nitrogens with zero attached hydrogens (tertiary/aromatic N) is 4. The highest BCUT2D eigenvalue weighted by molar-refractivity contribution is 5.78. The molecule has 6 rings (SSSR count). The number of ether oxygens (including phenoxy) is 2. The SMILES string of the molecule is C[C@@]1(COc2ccc(N3CCC(Cc4cc5cc(C(F)(F)F)ccc5o4)CC3)cc2)Cn2cc([N+](=O)[O-])nc2O1. The van der Waals surface area contributed by atoms with Gasteiger partial charge in [0.1, 0.15) is 29.9 Å². The smallest absolute Gasteiger partial charge is 0.416 e. The van der Waals surface area contributed by atoms with Crippen molar-refractivity contribution in [2.24, 2.45) is 5.92 Å². The van der Waals surface area contributed by atoms with Gasteiger partial charge in [0.2, 0.25) is 0 Å². The van der Waals surface area contributed by atoms with Crippen LogP contribution >= 0.6 is 0 Å². The Bertz CT molecular complexity index is 1510. The number of alkyl halides is 3. The summed E-state index contributed by atoms with van der Waals surface area (Å²) in [4.78, 5) is 16.5.